The number of nitrogens with zero attached hydrogens (tertiary/aromatic N) is 1. The average Bonchev–Trinajstić information content (AvgIpc) is 3.59. The number of rotatable bonds is 12. The summed E-state index contributed by atoms with van der Waals surface area (Å²) in [5.74, 6) is -2.18. The highest BCUT2D eigenvalue weighted by Crippen LogP contribution is 2.37. The molecule has 210 valence electrons. The Morgan fingerprint density at radius 2 is 1.82 bits per heavy atom. The van der Waals surface area contributed by atoms with Gasteiger partial charge in [-0.3, -0.25) is 9.59 Å². The Balaban J connectivity index is 1.51. The Labute approximate surface area is 226 Å². The van der Waals surface area contributed by atoms with Gasteiger partial charge < -0.3 is 25.1 Å². The number of nitrogens with one attached hydrogen (secondary N) is 3. The summed E-state index contributed by atoms with van der Waals surface area (Å²) in [7, 11) is 1.51. The van der Waals surface area contributed by atoms with E-state index < -0.39 is 35.6 Å². The number of aliphatic carboxylic acids is 1. The van der Waals surface area contributed by atoms with Crippen molar-refractivity contribution in [2.75, 3.05) is 7.11 Å². The van der Waals surface area contributed by atoms with E-state index in [0.717, 1.165) is 23.0 Å². The fraction of sp³-hybridized carbons (Fsp3) is 0.286. The number of aromatic nitrogens is 3. The number of carbonyl (C=O) groups is 3. The predicted molar refractivity (Wildman–Crippen MR) is 139 cm³/mol. The first-order valence-electron chi connectivity index (χ1n) is 12.4. The molecule has 0 aliphatic carbocycles. The molecule has 40 heavy (non-hydrogen) atoms. The van der Waals surface area contributed by atoms with Crippen molar-refractivity contribution >= 4 is 28.6 Å². The van der Waals surface area contributed by atoms with Gasteiger partial charge in [0, 0.05) is 60.6 Å². The van der Waals surface area contributed by atoms with E-state index >= 15 is 0 Å². The Bertz CT molecular complexity index is 1480. The minimum Gasteiger partial charge on any atom is -0.497 e. The summed E-state index contributed by atoms with van der Waals surface area (Å²) < 4.78 is 44.8. The summed E-state index contributed by atoms with van der Waals surface area (Å²) >= 11 is 0. The number of ketones is 1. The number of carbonyl (C=O) groups excluding carboxylic acids is 2. The van der Waals surface area contributed by atoms with Crippen molar-refractivity contribution in [2.45, 2.75) is 43.8 Å². The van der Waals surface area contributed by atoms with E-state index in [2.05, 4.69) is 20.3 Å². The van der Waals surface area contributed by atoms with Gasteiger partial charge in [0.2, 0.25) is 5.91 Å². The van der Waals surface area contributed by atoms with E-state index in [-0.39, 0.29) is 31.5 Å². The molecular formula is C28H27F3N4O5. The minimum atomic E-state index is -4.50. The zero-order valence-corrected chi connectivity index (χ0v) is 21.4. The number of carboxylic acid groups (broad SMARTS) is 1. The number of H-pyrrole nitrogens is 2. The van der Waals surface area contributed by atoms with Crippen molar-refractivity contribution in [1.29, 1.82) is 0 Å². The zero-order valence-electron chi connectivity index (χ0n) is 21.4. The number of alkyl halides is 3. The second-order valence-corrected chi connectivity index (χ2v) is 9.31. The van der Waals surface area contributed by atoms with Gasteiger partial charge in [-0.15, -0.1) is 0 Å². The highest BCUT2D eigenvalue weighted by molar-refractivity contribution is 5.90. The van der Waals surface area contributed by atoms with E-state index in [0.29, 0.717) is 22.6 Å². The molecule has 1 amide bonds. The molecule has 1 unspecified atom stereocenters. The molecule has 0 aliphatic heterocycles. The van der Waals surface area contributed by atoms with Crippen LogP contribution in [0.25, 0.3) is 10.9 Å². The van der Waals surface area contributed by atoms with E-state index in [4.69, 9.17) is 4.74 Å². The largest absolute Gasteiger partial charge is 0.497 e. The van der Waals surface area contributed by atoms with Crippen molar-refractivity contribution in [3.8, 4) is 5.75 Å². The summed E-state index contributed by atoms with van der Waals surface area (Å²) in [6, 6.07) is 8.78. The number of imidazole rings is 1. The summed E-state index contributed by atoms with van der Waals surface area (Å²) in [4.78, 5) is 46.8. The van der Waals surface area contributed by atoms with Gasteiger partial charge in [0.15, 0.2) is 0 Å². The van der Waals surface area contributed by atoms with Crippen LogP contribution < -0.4 is 10.1 Å². The highest BCUT2D eigenvalue weighted by atomic mass is 19.4. The third kappa shape index (κ3) is 6.87. The maximum Gasteiger partial charge on any atom is 0.416 e. The fourth-order valence-electron chi connectivity index (χ4n) is 4.51. The molecule has 12 heteroatoms. The van der Waals surface area contributed by atoms with Crippen LogP contribution in [-0.4, -0.2) is 50.9 Å². The Morgan fingerprint density at radius 3 is 2.45 bits per heavy atom. The van der Waals surface area contributed by atoms with E-state index in [1.807, 2.05) is 0 Å². The molecule has 0 saturated carbocycles. The van der Waals surface area contributed by atoms with Crippen LogP contribution in [0.4, 0.5) is 13.2 Å². The molecule has 0 spiro atoms. The highest BCUT2D eigenvalue weighted by Gasteiger charge is 2.31. The summed E-state index contributed by atoms with van der Waals surface area (Å²) in [5.41, 5.74) is 1.67. The van der Waals surface area contributed by atoms with Gasteiger partial charge in [0.25, 0.3) is 0 Å². The molecule has 2 aromatic heterocycles. The van der Waals surface area contributed by atoms with Gasteiger partial charge in [0.1, 0.15) is 17.6 Å². The number of ether oxygens (including phenoxy) is 1. The quantitative estimate of drug-likeness (QED) is 0.201. The molecule has 2 aromatic carbocycles. The number of hydrogen-bond acceptors (Lipinski definition) is 5. The molecule has 4 rings (SSSR count). The first kappa shape index (κ1) is 28.4. The number of carboxylic acids is 1. The lowest BCUT2D eigenvalue weighted by Crippen LogP contribution is -2.42. The molecule has 0 aliphatic rings. The Kier molecular flexibility index (Phi) is 8.56. The number of fused-ring (bicyclic) bond motifs is 1. The van der Waals surface area contributed by atoms with Crippen molar-refractivity contribution in [1.82, 2.24) is 20.3 Å². The monoisotopic (exact) mass is 556 g/mol. The van der Waals surface area contributed by atoms with Crippen LogP contribution in [0.3, 0.4) is 0 Å². The third-order valence-corrected chi connectivity index (χ3v) is 6.61. The fourth-order valence-corrected chi connectivity index (χ4v) is 4.51. The smallest absolute Gasteiger partial charge is 0.416 e. The van der Waals surface area contributed by atoms with Gasteiger partial charge in [0.05, 0.1) is 19.0 Å². The molecule has 2 atom stereocenters. The van der Waals surface area contributed by atoms with Crippen LogP contribution in [0.2, 0.25) is 0 Å². The SMILES string of the molecule is COc1ccc2[nH]cc(C(CC(=O)CCC(=O)N[C@@H](Cc3cnc[nH]3)C(=O)O)c3ccc(C(F)(F)F)cc3)c2c1. The first-order chi connectivity index (χ1) is 19.0. The minimum absolute atomic E-state index is 0.00492. The first-order valence-corrected chi connectivity index (χ1v) is 12.4. The summed E-state index contributed by atoms with van der Waals surface area (Å²) in [5, 5.41) is 12.6. The lowest BCUT2D eigenvalue weighted by Gasteiger charge is -2.18. The Morgan fingerprint density at radius 1 is 1.07 bits per heavy atom. The lowest BCUT2D eigenvalue weighted by molar-refractivity contribution is -0.141. The number of amides is 1. The van der Waals surface area contributed by atoms with Crippen molar-refractivity contribution < 1.29 is 37.4 Å². The second-order valence-electron chi connectivity index (χ2n) is 9.31. The van der Waals surface area contributed by atoms with E-state index in [9.17, 15) is 32.7 Å². The van der Waals surface area contributed by atoms with Crippen LogP contribution in [-0.2, 0) is 27.0 Å². The maximum absolute atomic E-state index is 13.2. The molecular weight excluding hydrogens is 529 g/mol. The van der Waals surface area contributed by atoms with Crippen LogP contribution in [0, 0.1) is 0 Å². The number of methoxy groups -OCH3 is 1. The molecule has 2 heterocycles. The molecule has 4 aromatic rings. The number of hydrogen-bond donors (Lipinski definition) is 4. The summed E-state index contributed by atoms with van der Waals surface area (Å²) in [6.45, 7) is 0. The second kappa shape index (κ2) is 12.1. The van der Waals surface area contributed by atoms with Gasteiger partial charge >= 0.3 is 12.1 Å². The average molecular weight is 557 g/mol. The zero-order chi connectivity index (χ0) is 28.9. The third-order valence-electron chi connectivity index (χ3n) is 6.61. The van der Waals surface area contributed by atoms with E-state index in [1.165, 1.54) is 31.8 Å². The van der Waals surface area contributed by atoms with Crippen molar-refractivity contribution in [3.05, 3.63) is 83.6 Å². The van der Waals surface area contributed by atoms with Crippen LogP contribution in [0.5, 0.6) is 5.75 Å². The molecule has 0 fully saturated rings. The van der Waals surface area contributed by atoms with E-state index in [1.54, 1.807) is 24.4 Å². The standard InChI is InChI=1S/C28H27F3N4O5/c1-40-20-7-8-24-22(12-20)23(14-33-24)21(16-2-4-17(5-3-16)28(29,30)31)11-19(36)6-9-26(37)35-25(27(38)39)10-18-13-32-15-34-18/h2-5,7-8,12-15,21,25,33H,6,9-11H2,1H3,(H,32,34)(H,35,37)(H,38,39)/t21?,25-/m0/s1. The Hall–Kier alpha value is -4.61. The number of halogens is 3. The van der Waals surface area contributed by atoms with Crippen LogP contribution in [0.15, 0.2) is 61.2 Å². The van der Waals surface area contributed by atoms with Gasteiger partial charge in [-0.25, -0.2) is 9.78 Å². The lowest BCUT2D eigenvalue weighted by atomic mass is 9.85. The molecule has 4 N–H and O–H groups in total. The molecule has 0 saturated heterocycles. The number of aromatic amines is 2. The van der Waals surface area contributed by atoms with Gasteiger partial charge in [-0.1, -0.05) is 12.1 Å². The van der Waals surface area contributed by atoms with Crippen molar-refractivity contribution in [2.24, 2.45) is 0 Å². The molecule has 0 bridgehead atoms. The number of benzene rings is 2. The normalized spacial score (nSPS) is 13.1. The number of Topliss-reactive ketones (excluding diaryl/α,β-unsaturated/α-hetero) is 1. The summed E-state index contributed by atoms with van der Waals surface area (Å²) in [6.07, 6.45) is -0.457. The van der Waals surface area contributed by atoms with Gasteiger partial charge in [-0.05, 0) is 41.5 Å². The van der Waals surface area contributed by atoms with Crippen LogP contribution >= 0.6 is 0 Å². The maximum atomic E-state index is 13.2. The topological polar surface area (TPSA) is 137 Å². The van der Waals surface area contributed by atoms with Gasteiger partial charge in [-0.2, -0.15) is 13.2 Å². The van der Waals surface area contributed by atoms with Crippen molar-refractivity contribution in [3.63, 3.8) is 0 Å². The molecule has 0 radical (unpaired) electrons. The van der Waals surface area contributed by atoms with Crippen LogP contribution in [0.1, 0.15) is 47.6 Å². The molecule has 9 nitrogen and oxygen atoms in total. The predicted octanol–water partition coefficient (Wildman–Crippen LogP) is 4.60.